The second kappa shape index (κ2) is 7.10. The van der Waals surface area contributed by atoms with E-state index in [4.69, 9.17) is 0 Å². The Morgan fingerprint density at radius 3 is 2.75 bits per heavy atom. The van der Waals surface area contributed by atoms with Gasteiger partial charge in [0.25, 0.3) is 0 Å². The Balaban J connectivity index is 1.88. The fourth-order valence-corrected chi connectivity index (χ4v) is 2.79. The molecule has 0 fully saturated rings. The van der Waals surface area contributed by atoms with Crippen LogP contribution >= 0.6 is 11.3 Å². The molecule has 4 heteroatoms. The summed E-state index contributed by atoms with van der Waals surface area (Å²) in [6.45, 7) is 3.12. The minimum Gasteiger partial charge on any atom is -0.376 e. The van der Waals surface area contributed by atoms with Gasteiger partial charge in [-0.2, -0.15) is 0 Å². The summed E-state index contributed by atoms with van der Waals surface area (Å²) in [5, 5.41) is 5.27. The van der Waals surface area contributed by atoms with Gasteiger partial charge in [-0.1, -0.05) is 31.2 Å². The van der Waals surface area contributed by atoms with Gasteiger partial charge in [-0.3, -0.25) is 4.79 Å². The van der Waals surface area contributed by atoms with Crippen LogP contribution in [0.15, 0.2) is 41.8 Å². The minimum absolute atomic E-state index is 0.101. The molecule has 0 unspecified atom stereocenters. The van der Waals surface area contributed by atoms with Crippen molar-refractivity contribution in [1.29, 1.82) is 0 Å². The summed E-state index contributed by atoms with van der Waals surface area (Å²) in [6.07, 6.45) is 0.961. The predicted molar refractivity (Wildman–Crippen MR) is 85.1 cm³/mol. The number of likely N-dealkylation sites (N-methyl/N-ethyl adjacent to an activating group) is 1. The second-order valence-electron chi connectivity index (χ2n) is 4.69. The van der Waals surface area contributed by atoms with Crippen LogP contribution in [0.5, 0.6) is 0 Å². The standard InChI is InChI=1S/C16H20N2OS/c1-3-13-7-4-5-9-15(13)17-11-16(19)18(2)12-14-8-6-10-20-14/h4-10,17H,3,11-12H2,1-2H3. The molecule has 106 valence electrons. The third kappa shape index (κ3) is 3.84. The fraction of sp³-hybridized carbons (Fsp3) is 0.312. The van der Waals surface area contributed by atoms with Crippen LogP contribution in [0.4, 0.5) is 5.69 Å². The summed E-state index contributed by atoms with van der Waals surface area (Å²) < 4.78 is 0. The molecule has 2 aromatic rings. The van der Waals surface area contributed by atoms with Crippen LogP contribution < -0.4 is 5.32 Å². The van der Waals surface area contributed by atoms with Crippen LogP contribution in [0.3, 0.4) is 0 Å². The molecule has 0 saturated heterocycles. The first kappa shape index (κ1) is 14.6. The molecule has 1 heterocycles. The summed E-state index contributed by atoms with van der Waals surface area (Å²) in [4.78, 5) is 15.1. The molecule has 0 atom stereocenters. The topological polar surface area (TPSA) is 32.3 Å². The van der Waals surface area contributed by atoms with Crippen molar-refractivity contribution in [3.05, 3.63) is 52.2 Å². The zero-order valence-corrected chi connectivity index (χ0v) is 12.7. The van der Waals surface area contributed by atoms with Crippen molar-refractivity contribution < 1.29 is 4.79 Å². The van der Waals surface area contributed by atoms with E-state index in [1.807, 2.05) is 42.8 Å². The molecule has 2 rings (SSSR count). The first-order chi connectivity index (χ1) is 9.70. The zero-order valence-electron chi connectivity index (χ0n) is 11.9. The van der Waals surface area contributed by atoms with Gasteiger partial charge in [-0.15, -0.1) is 11.3 Å². The Morgan fingerprint density at radius 2 is 2.05 bits per heavy atom. The maximum Gasteiger partial charge on any atom is 0.241 e. The highest BCUT2D eigenvalue weighted by Gasteiger charge is 2.10. The van der Waals surface area contributed by atoms with Crippen LogP contribution in [-0.2, 0) is 17.8 Å². The van der Waals surface area contributed by atoms with E-state index in [1.165, 1.54) is 10.4 Å². The van der Waals surface area contributed by atoms with E-state index in [0.29, 0.717) is 13.1 Å². The first-order valence-electron chi connectivity index (χ1n) is 6.79. The summed E-state index contributed by atoms with van der Waals surface area (Å²) in [5.74, 6) is 0.101. The lowest BCUT2D eigenvalue weighted by Gasteiger charge is -2.18. The van der Waals surface area contributed by atoms with Crippen molar-refractivity contribution >= 4 is 22.9 Å². The van der Waals surface area contributed by atoms with Gasteiger partial charge in [0.2, 0.25) is 5.91 Å². The number of para-hydroxylation sites is 1. The summed E-state index contributed by atoms with van der Waals surface area (Å²) in [5.41, 5.74) is 2.29. The van der Waals surface area contributed by atoms with Crippen LogP contribution in [0.2, 0.25) is 0 Å². The van der Waals surface area contributed by atoms with Gasteiger partial charge < -0.3 is 10.2 Å². The van der Waals surface area contributed by atoms with E-state index in [2.05, 4.69) is 18.3 Å². The number of carbonyl (C=O) groups is 1. The maximum atomic E-state index is 12.1. The Bertz CT molecular complexity index is 551. The number of anilines is 1. The molecule has 1 aromatic carbocycles. The summed E-state index contributed by atoms with van der Waals surface area (Å²) >= 11 is 1.67. The van der Waals surface area contributed by atoms with Crippen LogP contribution in [0.1, 0.15) is 17.4 Å². The lowest BCUT2D eigenvalue weighted by atomic mass is 10.1. The number of rotatable bonds is 6. The average molecular weight is 288 g/mol. The predicted octanol–water partition coefficient (Wildman–Crippen LogP) is 3.38. The smallest absolute Gasteiger partial charge is 0.241 e. The summed E-state index contributed by atoms with van der Waals surface area (Å²) in [7, 11) is 1.84. The van der Waals surface area contributed by atoms with Crippen LogP contribution in [0.25, 0.3) is 0 Å². The second-order valence-corrected chi connectivity index (χ2v) is 5.73. The van der Waals surface area contributed by atoms with E-state index in [1.54, 1.807) is 16.2 Å². The Hall–Kier alpha value is -1.81. The Labute approximate surface area is 124 Å². The molecule has 0 aliphatic heterocycles. The van der Waals surface area contributed by atoms with Crippen molar-refractivity contribution in [2.75, 3.05) is 18.9 Å². The number of carbonyl (C=O) groups excluding carboxylic acids is 1. The molecule has 0 saturated carbocycles. The van der Waals surface area contributed by atoms with Gasteiger partial charge in [-0.05, 0) is 29.5 Å². The first-order valence-corrected chi connectivity index (χ1v) is 7.66. The molecule has 0 radical (unpaired) electrons. The number of amides is 1. The zero-order chi connectivity index (χ0) is 14.4. The number of benzene rings is 1. The lowest BCUT2D eigenvalue weighted by molar-refractivity contribution is -0.128. The van der Waals surface area contributed by atoms with Gasteiger partial charge in [0.1, 0.15) is 0 Å². The van der Waals surface area contributed by atoms with Crippen LogP contribution in [-0.4, -0.2) is 24.4 Å². The number of aryl methyl sites for hydroxylation is 1. The van der Waals surface area contributed by atoms with Gasteiger partial charge in [0, 0.05) is 17.6 Å². The molecule has 3 nitrogen and oxygen atoms in total. The van der Waals surface area contributed by atoms with E-state index < -0.39 is 0 Å². The van der Waals surface area contributed by atoms with E-state index in [9.17, 15) is 4.79 Å². The van der Waals surface area contributed by atoms with Crippen molar-refractivity contribution in [3.63, 3.8) is 0 Å². The minimum atomic E-state index is 0.101. The number of nitrogens with one attached hydrogen (secondary N) is 1. The fourth-order valence-electron chi connectivity index (χ4n) is 2.03. The molecule has 0 spiro atoms. The molecule has 1 N–H and O–H groups in total. The lowest BCUT2D eigenvalue weighted by Crippen LogP contribution is -2.31. The number of hydrogen-bond donors (Lipinski definition) is 1. The van der Waals surface area contributed by atoms with Crippen molar-refractivity contribution in [3.8, 4) is 0 Å². The molecule has 1 amide bonds. The van der Waals surface area contributed by atoms with Crippen LogP contribution in [0, 0.1) is 0 Å². The van der Waals surface area contributed by atoms with E-state index in [-0.39, 0.29) is 5.91 Å². The van der Waals surface area contributed by atoms with Crippen molar-refractivity contribution in [2.45, 2.75) is 19.9 Å². The molecular weight excluding hydrogens is 268 g/mol. The number of thiophene rings is 1. The largest absolute Gasteiger partial charge is 0.376 e. The normalized spacial score (nSPS) is 10.3. The van der Waals surface area contributed by atoms with Gasteiger partial charge in [0.05, 0.1) is 13.1 Å². The Morgan fingerprint density at radius 1 is 1.25 bits per heavy atom. The molecule has 0 aliphatic rings. The van der Waals surface area contributed by atoms with Gasteiger partial charge >= 0.3 is 0 Å². The highest BCUT2D eigenvalue weighted by atomic mass is 32.1. The quantitative estimate of drug-likeness (QED) is 0.884. The molecule has 0 bridgehead atoms. The van der Waals surface area contributed by atoms with Gasteiger partial charge in [0.15, 0.2) is 0 Å². The Kier molecular flexibility index (Phi) is 5.18. The molecule has 1 aromatic heterocycles. The monoisotopic (exact) mass is 288 g/mol. The van der Waals surface area contributed by atoms with E-state index >= 15 is 0 Å². The van der Waals surface area contributed by atoms with Crippen molar-refractivity contribution in [1.82, 2.24) is 4.90 Å². The average Bonchev–Trinajstić information content (AvgIpc) is 2.97. The van der Waals surface area contributed by atoms with Gasteiger partial charge in [-0.25, -0.2) is 0 Å². The number of nitrogens with zero attached hydrogens (tertiary/aromatic N) is 1. The third-order valence-electron chi connectivity index (χ3n) is 3.23. The highest BCUT2D eigenvalue weighted by molar-refractivity contribution is 7.09. The molecular formula is C16H20N2OS. The van der Waals surface area contributed by atoms with E-state index in [0.717, 1.165) is 12.1 Å². The summed E-state index contributed by atoms with van der Waals surface area (Å²) in [6, 6.07) is 12.2. The van der Waals surface area contributed by atoms with Crippen molar-refractivity contribution in [2.24, 2.45) is 0 Å². The highest BCUT2D eigenvalue weighted by Crippen LogP contribution is 2.15. The SMILES string of the molecule is CCc1ccccc1NCC(=O)N(C)Cc1cccs1. The third-order valence-corrected chi connectivity index (χ3v) is 4.09. The maximum absolute atomic E-state index is 12.1. The number of hydrogen-bond acceptors (Lipinski definition) is 3. The molecule has 0 aliphatic carbocycles. The molecule has 20 heavy (non-hydrogen) atoms.